The Morgan fingerprint density at radius 1 is 1.11 bits per heavy atom. The molecule has 0 spiro atoms. The van der Waals surface area contributed by atoms with E-state index in [9.17, 15) is 9.90 Å². The van der Waals surface area contributed by atoms with E-state index in [4.69, 9.17) is 4.74 Å². The Kier molecular flexibility index (Phi) is 6.90. The number of hydrogen-bond acceptors (Lipinski definition) is 4. The van der Waals surface area contributed by atoms with Gasteiger partial charge in [0.05, 0.1) is 13.2 Å². The first-order valence-corrected chi connectivity index (χ1v) is 10.3. The van der Waals surface area contributed by atoms with Crippen molar-refractivity contribution in [3.63, 3.8) is 0 Å². The summed E-state index contributed by atoms with van der Waals surface area (Å²) in [5, 5.41) is 9.33. The van der Waals surface area contributed by atoms with Crippen molar-refractivity contribution in [2.45, 2.75) is 46.1 Å². The summed E-state index contributed by atoms with van der Waals surface area (Å²) < 4.78 is 5.51. The summed E-state index contributed by atoms with van der Waals surface area (Å²) in [6.07, 6.45) is 2.77. The Balaban J connectivity index is 1.74. The van der Waals surface area contributed by atoms with Gasteiger partial charge in [0, 0.05) is 44.4 Å². The number of hydrogen-bond donors (Lipinski definition) is 1. The molecule has 1 N–H and O–H groups in total. The number of nitrogens with zero attached hydrogens (tertiary/aromatic N) is 2. The van der Waals surface area contributed by atoms with E-state index >= 15 is 0 Å². The third kappa shape index (κ3) is 4.71. The molecule has 3 rings (SSSR count). The highest BCUT2D eigenvalue weighted by atomic mass is 16.5. The molecule has 1 amide bonds. The van der Waals surface area contributed by atoms with Crippen LogP contribution in [0.2, 0.25) is 0 Å². The summed E-state index contributed by atoms with van der Waals surface area (Å²) in [5.74, 6) is 0.574. The molecule has 5 nitrogen and oxygen atoms in total. The maximum Gasteiger partial charge on any atom is 0.254 e. The quantitative estimate of drug-likeness (QED) is 0.861. The molecular weight excluding hydrogens is 340 g/mol. The molecule has 0 bridgehead atoms. The first kappa shape index (κ1) is 20.3. The monoisotopic (exact) mass is 374 g/mol. The Morgan fingerprint density at radius 3 is 2.52 bits per heavy atom. The van der Waals surface area contributed by atoms with Gasteiger partial charge in [-0.25, -0.2) is 0 Å². The van der Waals surface area contributed by atoms with E-state index in [0.29, 0.717) is 12.0 Å². The van der Waals surface area contributed by atoms with Gasteiger partial charge in [0.2, 0.25) is 0 Å². The van der Waals surface area contributed by atoms with E-state index in [0.717, 1.165) is 69.8 Å². The van der Waals surface area contributed by atoms with Gasteiger partial charge in [-0.15, -0.1) is 0 Å². The van der Waals surface area contributed by atoms with Crippen LogP contribution in [0.4, 0.5) is 0 Å². The lowest BCUT2D eigenvalue weighted by Crippen LogP contribution is -2.55. The van der Waals surface area contributed by atoms with Gasteiger partial charge >= 0.3 is 0 Å². The molecule has 2 aliphatic rings. The second-order valence-electron chi connectivity index (χ2n) is 8.13. The van der Waals surface area contributed by atoms with Gasteiger partial charge in [-0.05, 0) is 68.7 Å². The van der Waals surface area contributed by atoms with Gasteiger partial charge in [0.25, 0.3) is 5.91 Å². The minimum Gasteiger partial charge on any atom is -0.396 e. The number of likely N-dealkylation sites (tertiary alicyclic amines) is 1. The van der Waals surface area contributed by atoms with E-state index in [1.165, 1.54) is 11.1 Å². The number of aliphatic hydroxyl groups excluding tert-OH is 1. The fourth-order valence-corrected chi connectivity index (χ4v) is 4.59. The normalized spacial score (nSPS) is 24.2. The van der Waals surface area contributed by atoms with Crippen LogP contribution in [0.15, 0.2) is 12.1 Å². The van der Waals surface area contributed by atoms with Crippen LogP contribution >= 0.6 is 0 Å². The lowest BCUT2D eigenvalue weighted by molar-refractivity contribution is -0.0196. The van der Waals surface area contributed by atoms with Crippen molar-refractivity contribution in [1.29, 1.82) is 0 Å². The minimum atomic E-state index is 0.157. The standard InChI is InChI=1S/C22H34N2O3/c1-16-13-18(3)20(14-17(16)2)22(26)24-7-6-21(19(15-24)5-4-10-25)23-8-11-27-12-9-23/h13-14,19,21,25H,4-12,15H2,1-3H3/t19-,21+/m1/s1. The summed E-state index contributed by atoms with van der Waals surface area (Å²) in [6, 6.07) is 4.65. The van der Waals surface area contributed by atoms with Gasteiger partial charge in [-0.1, -0.05) is 6.07 Å². The number of aryl methyl sites for hydroxylation is 3. The Morgan fingerprint density at radius 2 is 1.81 bits per heavy atom. The Bertz CT molecular complexity index is 655. The number of ether oxygens (including phenoxy) is 1. The van der Waals surface area contributed by atoms with Gasteiger partial charge < -0.3 is 14.7 Å². The van der Waals surface area contributed by atoms with Crippen LogP contribution in [0, 0.1) is 26.7 Å². The lowest BCUT2D eigenvalue weighted by Gasteiger charge is -2.45. The third-order valence-corrected chi connectivity index (χ3v) is 6.30. The number of carbonyl (C=O) groups is 1. The average Bonchev–Trinajstić information content (AvgIpc) is 2.69. The topological polar surface area (TPSA) is 53.0 Å². The van der Waals surface area contributed by atoms with Crippen LogP contribution in [-0.4, -0.2) is 72.9 Å². The molecule has 0 radical (unpaired) electrons. The molecule has 2 heterocycles. The Labute approximate surface area is 163 Å². The minimum absolute atomic E-state index is 0.157. The number of benzene rings is 1. The molecule has 1 aromatic rings. The molecule has 0 unspecified atom stereocenters. The second kappa shape index (κ2) is 9.18. The molecular formula is C22H34N2O3. The zero-order chi connectivity index (χ0) is 19.4. The summed E-state index contributed by atoms with van der Waals surface area (Å²) in [6.45, 7) is 11.6. The molecule has 5 heteroatoms. The van der Waals surface area contributed by atoms with E-state index in [1.54, 1.807) is 0 Å². The van der Waals surface area contributed by atoms with Gasteiger partial charge in [-0.3, -0.25) is 9.69 Å². The fraction of sp³-hybridized carbons (Fsp3) is 0.682. The molecule has 27 heavy (non-hydrogen) atoms. The maximum atomic E-state index is 13.2. The van der Waals surface area contributed by atoms with Crippen LogP contribution in [-0.2, 0) is 4.74 Å². The molecule has 2 aliphatic heterocycles. The van der Waals surface area contributed by atoms with Gasteiger partial charge in [0.1, 0.15) is 0 Å². The van der Waals surface area contributed by atoms with Gasteiger partial charge in [-0.2, -0.15) is 0 Å². The SMILES string of the molecule is Cc1cc(C)c(C(=O)N2CC[C@H](N3CCOCC3)[C@H](CCCO)C2)cc1C. The van der Waals surface area contributed by atoms with Crippen molar-refractivity contribution in [3.05, 3.63) is 34.4 Å². The number of piperidine rings is 1. The molecule has 0 aliphatic carbocycles. The van der Waals surface area contributed by atoms with Crippen molar-refractivity contribution in [3.8, 4) is 0 Å². The summed E-state index contributed by atoms with van der Waals surface area (Å²) >= 11 is 0. The van der Waals surface area contributed by atoms with Crippen molar-refractivity contribution in [2.24, 2.45) is 5.92 Å². The highest BCUT2D eigenvalue weighted by molar-refractivity contribution is 5.96. The molecule has 1 aromatic carbocycles. The van der Waals surface area contributed by atoms with E-state index < -0.39 is 0 Å². The Hall–Kier alpha value is -1.43. The fourth-order valence-electron chi connectivity index (χ4n) is 4.59. The van der Waals surface area contributed by atoms with Crippen molar-refractivity contribution in [1.82, 2.24) is 9.80 Å². The number of carbonyl (C=O) groups excluding carboxylic acids is 1. The molecule has 0 saturated carbocycles. The van der Waals surface area contributed by atoms with Crippen molar-refractivity contribution >= 4 is 5.91 Å². The van der Waals surface area contributed by atoms with Crippen LogP contribution in [0.5, 0.6) is 0 Å². The lowest BCUT2D eigenvalue weighted by atomic mass is 9.86. The number of morpholine rings is 1. The molecule has 2 fully saturated rings. The second-order valence-corrected chi connectivity index (χ2v) is 8.13. The first-order chi connectivity index (χ1) is 13.0. The number of amides is 1. The predicted molar refractivity (Wildman–Crippen MR) is 107 cm³/mol. The van der Waals surface area contributed by atoms with Crippen LogP contribution in [0.1, 0.15) is 46.3 Å². The van der Waals surface area contributed by atoms with Crippen LogP contribution < -0.4 is 0 Å². The zero-order valence-electron chi connectivity index (χ0n) is 17.0. The smallest absolute Gasteiger partial charge is 0.254 e. The summed E-state index contributed by atoms with van der Waals surface area (Å²) in [5.41, 5.74) is 4.30. The van der Waals surface area contributed by atoms with E-state index in [-0.39, 0.29) is 12.5 Å². The zero-order valence-corrected chi connectivity index (χ0v) is 17.0. The number of aliphatic hydroxyl groups is 1. The van der Waals surface area contributed by atoms with E-state index in [2.05, 4.69) is 24.8 Å². The highest BCUT2D eigenvalue weighted by Crippen LogP contribution is 2.28. The first-order valence-electron chi connectivity index (χ1n) is 10.3. The maximum absolute atomic E-state index is 13.2. The summed E-state index contributed by atoms with van der Waals surface area (Å²) in [7, 11) is 0. The third-order valence-electron chi connectivity index (χ3n) is 6.30. The molecule has 2 atom stereocenters. The highest BCUT2D eigenvalue weighted by Gasteiger charge is 2.35. The molecule has 2 saturated heterocycles. The predicted octanol–water partition coefficient (Wildman–Crippen LogP) is 2.55. The van der Waals surface area contributed by atoms with Gasteiger partial charge in [0.15, 0.2) is 0 Å². The average molecular weight is 375 g/mol. The number of rotatable bonds is 5. The molecule has 150 valence electrons. The van der Waals surface area contributed by atoms with Crippen LogP contribution in [0.25, 0.3) is 0 Å². The van der Waals surface area contributed by atoms with Crippen LogP contribution in [0.3, 0.4) is 0 Å². The van der Waals surface area contributed by atoms with E-state index in [1.807, 2.05) is 17.9 Å². The molecule has 0 aromatic heterocycles. The largest absolute Gasteiger partial charge is 0.396 e. The van der Waals surface area contributed by atoms with Crippen molar-refractivity contribution < 1.29 is 14.6 Å². The van der Waals surface area contributed by atoms with Crippen molar-refractivity contribution in [2.75, 3.05) is 46.0 Å². The summed E-state index contributed by atoms with van der Waals surface area (Å²) in [4.78, 5) is 17.8.